The second kappa shape index (κ2) is 10.9. The van der Waals surface area contributed by atoms with E-state index < -0.39 is 5.97 Å². The monoisotopic (exact) mass is 439 g/mol. The number of hydrogen-bond donors (Lipinski definition) is 1. The third kappa shape index (κ3) is 6.12. The van der Waals surface area contributed by atoms with E-state index in [1.165, 1.54) is 11.8 Å². The first kappa shape index (κ1) is 21.9. The largest absolute Gasteiger partial charge is 0.455 e. The minimum Gasteiger partial charge on any atom is -0.455 e. The van der Waals surface area contributed by atoms with Crippen LogP contribution in [0.3, 0.4) is 0 Å². The Morgan fingerprint density at radius 3 is 2.33 bits per heavy atom. The average Bonchev–Trinajstić information content (AvgIpc) is 2.76. The van der Waals surface area contributed by atoms with Crippen molar-refractivity contribution in [2.24, 2.45) is 0 Å². The second-order valence-corrected chi connectivity index (χ2v) is 8.13. The van der Waals surface area contributed by atoms with Crippen molar-refractivity contribution in [3.8, 4) is 0 Å². The molecule has 30 heavy (non-hydrogen) atoms. The van der Waals surface area contributed by atoms with Gasteiger partial charge in [0.05, 0.1) is 11.6 Å². The summed E-state index contributed by atoms with van der Waals surface area (Å²) >= 11 is 7.45. The molecule has 0 aliphatic carbocycles. The zero-order valence-corrected chi connectivity index (χ0v) is 18.1. The Balaban J connectivity index is 1.60. The molecule has 4 nitrogen and oxygen atoms in total. The maximum atomic E-state index is 12.5. The van der Waals surface area contributed by atoms with E-state index in [0.717, 1.165) is 15.4 Å². The fourth-order valence-electron chi connectivity index (χ4n) is 2.94. The Bertz CT molecular complexity index is 993. The van der Waals surface area contributed by atoms with Crippen molar-refractivity contribution in [1.82, 2.24) is 0 Å². The number of benzene rings is 3. The van der Waals surface area contributed by atoms with Gasteiger partial charge in [-0.25, -0.2) is 0 Å². The van der Waals surface area contributed by atoms with Gasteiger partial charge in [-0.05, 0) is 48.4 Å². The molecule has 3 rings (SSSR count). The highest BCUT2D eigenvalue weighted by Gasteiger charge is 2.21. The molecule has 1 amide bonds. The summed E-state index contributed by atoms with van der Waals surface area (Å²) in [4.78, 5) is 26.7. The zero-order chi connectivity index (χ0) is 21.3. The van der Waals surface area contributed by atoms with Gasteiger partial charge < -0.3 is 10.1 Å². The van der Waals surface area contributed by atoms with E-state index in [-0.39, 0.29) is 18.4 Å². The number of para-hydroxylation sites is 1. The van der Waals surface area contributed by atoms with Gasteiger partial charge in [-0.15, -0.1) is 0 Å². The van der Waals surface area contributed by atoms with Crippen molar-refractivity contribution in [3.05, 3.63) is 89.4 Å². The van der Waals surface area contributed by atoms with Crippen molar-refractivity contribution in [2.45, 2.75) is 29.1 Å². The third-order valence-electron chi connectivity index (χ3n) is 4.44. The minimum atomic E-state index is -0.400. The first-order valence-electron chi connectivity index (χ1n) is 9.60. The summed E-state index contributed by atoms with van der Waals surface area (Å²) in [7, 11) is 0. The molecule has 0 fully saturated rings. The van der Waals surface area contributed by atoms with Crippen LogP contribution in [0.25, 0.3) is 0 Å². The van der Waals surface area contributed by atoms with Crippen LogP contribution in [0.2, 0.25) is 5.02 Å². The number of rotatable bonds is 8. The quantitative estimate of drug-likeness (QED) is 0.426. The van der Waals surface area contributed by atoms with Crippen LogP contribution >= 0.6 is 23.4 Å². The first-order chi connectivity index (χ1) is 14.6. The van der Waals surface area contributed by atoms with Gasteiger partial charge in [-0.3, -0.25) is 9.59 Å². The summed E-state index contributed by atoms with van der Waals surface area (Å²) in [6, 6.07) is 24.4. The van der Waals surface area contributed by atoms with Crippen LogP contribution in [-0.2, 0) is 14.3 Å². The molecule has 0 saturated carbocycles. The standard InChI is InChI=1S/C24H22ClNO3S/c1-2-20(17-8-4-3-5-9-17)24(28)29-16-23(27)26-21-10-6-7-11-22(21)30-19-14-12-18(25)13-15-19/h3-15,20H,2,16H2,1H3,(H,26,27)/t20-/m1/s1. The predicted molar refractivity (Wildman–Crippen MR) is 121 cm³/mol. The van der Waals surface area contributed by atoms with Crippen LogP contribution in [0.15, 0.2) is 88.7 Å². The van der Waals surface area contributed by atoms with E-state index in [4.69, 9.17) is 16.3 Å². The van der Waals surface area contributed by atoms with Gasteiger partial charge in [0.15, 0.2) is 6.61 Å². The molecule has 3 aromatic carbocycles. The fraction of sp³-hybridized carbons (Fsp3) is 0.167. The summed E-state index contributed by atoms with van der Waals surface area (Å²) in [6.45, 7) is 1.59. The number of esters is 1. The maximum absolute atomic E-state index is 12.5. The zero-order valence-electron chi connectivity index (χ0n) is 16.5. The summed E-state index contributed by atoms with van der Waals surface area (Å²) < 4.78 is 5.28. The molecular formula is C24H22ClNO3S. The highest BCUT2D eigenvalue weighted by Crippen LogP contribution is 2.33. The van der Waals surface area contributed by atoms with Gasteiger partial charge in [0.2, 0.25) is 0 Å². The maximum Gasteiger partial charge on any atom is 0.313 e. The van der Waals surface area contributed by atoms with Gasteiger partial charge in [-0.2, -0.15) is 0 Å². The Kier molecular flexibility index (Phi) is 7.94. The predicted octanol–water partition coefficient (Wildman–Crippen LogP) is 6.17. The van der Waals surface area contributed by atoms with Crippen molar-refractivity contribution < 1.29 is 14.3 Å². The van der Waals surface area contributed by atoms with Crippen molar-refractivity contribution >= 4 is 40.9 Å². The second-order valence-electron chi connectivity index (χ2n) is 6.58. The van der Waals surface area contributed by atoms with Gasteiger partial charge in [0, 0.05) is 14.8 Å². The average molecular weight is 440 g/mol. The van der Waals surface area contributed by atoms with Gasteiger partial charge >= 0.3 is 5.97 Å². The molecule has 0 bridgehead atoms. The van der Waals surface area contributed by atoms with E-state index in [1.54, 1.807) is 0 Å². The Hall–Kier alpha value is -2.76. The third-order valence-corrected chi connectivity index (χ3v) is 5.78. The Labute approximate surface area is 185 Å². The van der Waals surface area contributed by atoms with Crippen LogP contribution in [-0.4, -0.2) is 18.5 Å². The lowest BCUT2D eigenvalue weighted by Crippen LogP contribution is -2.24. The smallest absolute Gasteiger partial charge is 0.313 e. The van der Waals surface area contributed by atoms with Crippen LogP contribution < -0.4 is 5.32 Å². The normalized spacial score (nSPS) is 11.5. The lowest BCUT2D eigenvalue weighted by atomic mass is 9.97. The van der Waals surface area contributed by atoms with E-state index in [2.05, 4.69) is 5.32 Å². The molecule has 0 heterocycles. The first-order valence-corrected chi connectivity index (χ1v) is 10.8. The molecule has 3 aromatic rings. The molecule has 0 radical (unpaired) electrons. The fourth-order valence-corrected chi connectivity index (χ4v) is 3.96. The Morgan fingerprint density at radius 2 is 1.63 bits per heavy atom. The van der Waals surface area contributed by atoms with Crippen molar-refractivity contribution in [3.63, 3.8) is 0 Å². The number of halogens is 1. The molecule has 1 N–H and O–H groups in total. The van der Waals surface area contributed by atoms with Gasteiger partial charge in [-0.1, -0.05) is 72.8 Å². The molecule has 0 aromatic heterocycles. The number of ether oxygens (including phenoxy) is 1. The number of nitrogens with one attached hydrogen (secondary N) is 1. The lowest BCUT2D eigenvalue weighted by Gasteiger charge is -2.15. The molecule has 0 aliphatic heterocycles. The molecule has 0 saturated heterocycles. The Morgan fingerprint density at radius 1 is 0.967 bits per heavy atom. The molecular weight excluding hydrogens is 418 g/mol. The molecule has 6 heteroatoms. The van der Waals surface area contributed by atoms with Crippen LogP contribution in [0.4, 0.5) is 5.69 Å². The van der Waals surface area contributed by atoms with E-state index in [9.17, 15) is 9.59 Å². The lowest BCUT2D eigenvalue weighted by molar-refractivity contribution is -0.149. The van der Waals surface area contributed by atoms with Crippen molar-refractivity contribution in [1.29, 1.82) is 0 Å². The number of carbonyl (C=O) groups excluding carboxylic acids is 2. The van der Waals surface area contributed by atoms with Crippen LogP contribution in [0, 0.1) is 0 Å². The highest BCUT2D eigenvalue weighted by atomic mass is 35.5. The molecule has 0 aliphatic rings. The van der Waals surface area contributed by atoms with Gasteiger partial charge in [0.1, 0.15) is 0 Å². The number of hydrogen-bond acceptors (Lipinski definition) is 4. The molecule has 0 unspecified atom stereocenters. The molecule has 0 spiro atoms. The summed E-state index contributed by atoms with van der Waals surface area (Å²) in [5.74, 6) is -1.16. The van der Waals surface area contributed by atoms with Gasteiger partial charge in [0.25, 0.3) is 5.91 Å². The summed E-state index contributed by atoms with van der Waals surface area (Å²) in [5, 5.41) is 3.50. The van der Waals surface area contributed by atoms with Crippen molar-refractivity contribution in [2.75, 3.05) is 11.9 Å². The summed E-state index contributed by atoms with van der Waals surface area (Å²) in [5.41, 5.74) is 1.55. The van der Waals surface area contributed by atoms with Crippen LogP contribution in [0.1, 0.15) is 24.8 Å². The minimum absolute atomic E-state index is 0.331. The number of carbonyl (C=O) groups is 2. The molecule has 1 atom stereocenters. The van der Waals surface area contributed by atoms with E-state index >= 15 is 0 Å². The number of anilines is 1. The summed E-state index contributed by atoms with van der Waals surface area (Å²) in [6.07, 6.45) is 0.602. The van der Waals surface area contributed by atoms with Crippen LogP contribution in [0.5, 0.6) is 0 Å². The SMILES string of the molecule is CC[C@@H](C(=O)OCC(=O)Nc1ccccc1Sc1ccc(Cl)cc1)c1ccccc1. The number of amides is 1. The van der Waals surface area contributed by atoms with E-state index in [0.29, 0.717) is 17.1 Å². The molecule has 154 valence electrons. The topological polar surface area (TPSA) is 55.4 Å². The van der Waals surface area contributed by atoms with E-state index in [1.807, 2.05) is 85.8 Å². The highest BCUT2D eigenvalue weighted by molar-refractivity contribution is 7.99.